The molecule has 9 fully saturated rings. The van der Waals surface area contributed by atoms with Crippen molar-refractivity contribution in [3.05, 3.63) is 213 Å². The predicted octanol–water partition coefficient (Wildman–Crippen LogP) is 22.0. The van der Waals surface area contributed by atoms with Crippen LogP contribution in [0, 0.1) is 21.7 Å². The molecule has 5 aromatic heterocycles. The van der Waals surface area contributed by atoms with Gasteiger partial charge in [0.1, 0.15) is 69.7 Å². The fourth-order valence-corrected chi connectivity index (χ4v) is 20.0. The van der Waals surface area contributed by atoms with Gasteiger partial charge in [0.25, 0.3) is 0 Å². The molecule has 5 saturated heterocycles. The molecule has 0 radical (unpaired) electrons. The SMILES string of the molecule is C.C.C=C(C)B1OC(C)CC(C)(C)O1.C=C(C)c1ccc2c(c1)C(c1cncc(O[C@H]3CN(C(=O)OC(C)(C)C)CCC34CC4)n1)=NC2.CC(C)(C)OC(=O)N1CCC2(CC2)[C@@H](Oc2cncc(C3=NCc4ccc(Br)cc43)n2)C1.CC(C)c1ccc2[nH]nc(-c3cncc(O[C@H]4CNCCC45CC5)n3)c2c1.CC(C)c1ccc2c(c1)C(c1cncc(O[C@H]3CN(C(=O)OC(C)(C)C)CCC34CC4)n1)=NC2. The van der Waals surface area contributed by atoms with Gasteiger partial charge in [-0.15, -0.1) is 6.58 Å². The van der Waals surface area contributed by atoms with Gasteiger partial charge < -0.3 is 62.5 Å². The zero-order valence-corrected chi connectivity index (χ0v) is 85.6. The third kappa shape index (κ3) is 24.9. The van der Waals surface area contributed by atoms with Gasteiger partial charge in [-0.2, -0.15) is 5.10 Å². The number of likely N-dealkylation sites (tertiary alicyclic amines) is 3. The van der Waals surface area contributed by atoms with E-state index in [0.717, 1.165) is 160 Å². The van der Waals surface area contributed by atoms with Gasteiger partial charge in [0.2, 0.25) is 23.5 Å². The van der Waals surface area contributed by atoms with E-state index in [-0.39, 0.29) is 92.6 Å². The second-order valence-electron chi connectivity index (χ2n) is 44.1. The Morgan fingerprint density at radius 2 is 0.872 bits per heavy atom. The van der Waals surface area contributed by atoms with Gasteiger partial charge >= 0.3 is 25.4 Å². The number of nitrogens with one attached hydrogen (secondary N) is 2. The number of hydrogen-bond donors (Lipinski definition) is 2. The summed E-state index contributed by atoms with van der Waals surface area (Å²) in [5, 5.41) is 12.1. The van der Waals surface area contributed by atoms with E-state index in [4.69, 9.17) is 72.4 Å². The van der Waals surface area contributed by atoms with E-state index < -0.39 is 16.8 Å². The van der Waals surface area contributed by atoms with Crippen molar-refractivity contribution in [1.29, 1.82) is 0 Å². The van der Waals surface area contributed by atoms with E-state index in [1.54, 1.807) is 64.3 Å². The van der Waals surface area contributed by atoms with Crippen molar-refractivity contribution in [3.63, 3.8) is 0 Å². The molecule has 3 amide bonds. The van der Waals surface area contributed by atoms with Crippen molar-refractivity contribution >= 4 is 74.9 Å². The summed E-state index contributed by atoms with van der Waals surface area (Å²) in [5.74, 6) is 2.91. The van der Waals surface area contributed by atoms with E-state index in [1.807, 2.05) is 82.2 Å². The van der Waals surface area contributed by atoms with E-state index >= 15 is 0 Å². The maximum absolute atomic E-state index is 12.7. The number of aliphatic imine (C=N–C) groups is 3. The number of carbonyl (C=O) groups excluding carboxylic acids is 3. The lowest BCUT2D eigenvalue weighted by atomic mass is 9.76. The van der Waals surface area contributed by atoms with Crippen molar-refractivity contribution in [3.8, 4) is 34.9 Å². The number of hydrogen-bond acceptors (Lipinski definition) is 25. The summed E-state index contributed by atoms with van der Waals surface area (Å²) in [4.78, 5) is 94.0. The number of allylic oxidation sites excluding steroid dienone is 2. The number of ether oxygens (including phenoxy) is 7. The number of rotatable bonds is 16. The first kappa shape index (κ1) is 104. The zero-order valence-electron chi connectivity index (χ0n) is 84.0. The first-order chi connectivity index (χ1) is 66.0. The molecule has 29 nitrogen and oxygen atoms in total. The Balaban J connectivity index is 0.000000136. The van der Waals surface area contributed by atoms with Crippen LogP contribution in [0.2, 0.25) is 0 Å². The lowest BCUT2D eigenvalue weighted by Crippen LogP contribution is -2.51. The molecule has 1 unspecified atom stereocenters. The van der Waals surface area contributed by atoms with E-state index in [0.29, 0.717) is 111 Å². The number of H-pyrrole nitrogens is 1. The number of halogens is 1. The minimum absolute atomic E-state index is 0. The summed E-state index contributed by atoms with van der Waals surface area (Å²) in [6, 6.07) is 25.5. The smallest absolute Gasteiger partial charge is 0.471 e. The maximum atomic E-state index is 12.7. The summed E-state index contributed by atoms with van der Waals surface area (Å²) in [5.41, 5.74) is 18.7. The molecular weight excluding hydrogens is 1840 g/mol. The second-order valence-corrected chi connectivity index (χ2v) is 45.0. The highest BCUT2D eigenvalue weighted by Crippen LogP contribution is 2.58. The van der Waals surface area contributed by atoms with Crippen LogP contribution >= 0.6 is 15.9 Å². The minimum Gasteiger partial charge on any atom is -0.471 e. The lowest BCUT2D eigenvalue weighted by molar-refractivity contribution is -0.0250. The van der Waals surface area contributed by atoms with Crippen LogP contribution in [0.25, 0.3) is 27.9 Å². The highest BCUT2D eigenvalue weighted by atomic mass is 79.9. The van der Waals surface area contributed by atoms with E-state index in [9.17, 15) is 14.4 Å². The first-order valence-corrected chi connectivity index (χ1v) is 50.3. The molecule has 4 aliphatic carbocycles. The van der Waals surface area contributed by atoms with Crippen molar-refractivity contribution in [2.45, 2.75) is 307 Å². The normalized spacial score (nSPS) is 21.3. The molecular formula is C110H143BBrN17O12. The zero-order chi connectivity index (χ0) is 98.5. The summed E-state index contributed by atoms with van der Waals surface area (Å²) in [6.07, 6.45) is 26.9. The molecule has 21 rings (SSSR count). The molecule has 0 bridgehead atoms. The van der Waals surface area contributed by atoms with Crippen LogP contribution < -0.4 is 24.3 Å². The number of fused-ring (bicyclic) bond motifs is 4. The number of aromatic nitrogens is 10. The Hall–Kier alpha value is -11.4. The number of amides is 3. The van der Waals surface area contributed by atoms with Crippen LogP contribution in [-0.2, 0) is 43.2 Å². The van der Waals surface area contributed by atoms with Gasteiger partial charge in [0, 0.05) is 80.5 Å². The lowest BCUT2D eigenvalue weighted by Gasteiger charge is -2.39. The molecule has 12 aliphatic rings. The quantitative estimate of drug-likeness (QED) is 0.0670. The molecule has 4 aromatic carbocycles. The fourth-order valence-electron chi connectivity index (χ4n) is 19.6. The van der Waals surface area contributed by atoms with Gasteiger partial charge in [-0.1, -0.05) is 113 Å². The molecule has 8 aliphatic heterocycles. The third-order valence-corrected chi connectivity index (χ3v) is 28.8. The highest BCUT2D eigenvalue weighted by Gasteiger charge is 2.58. The topological polar surface area (TPSA) is 325 Å². The molecule has 31 heteroatoms. The number of piperidine rings is 4. The van der Waals surface area contributed by atoms with Crippen LogP contribution in [-0.4, -0.2) is 213 Å². The first-order valence-electron chi connectivity index (χ1n) is 49.5. The average molecular weight is 1990 g/mol. The van der Waals surface area contributed by atoms with E-state index in [1.165, 1.54) is 47.1 Å². The number of benzene rings is 4. The van der Waals surface area contributed by atoms with Gasteiger partial charge in [0.15, 0.2) is 0 Å². The Kier molecular flexibility index (Phi) is 30.9. The molecule has 4 saturated carbocycles. The predicted molar refractivity (Wildman–Crippen MR) is 555 cm³/mol. The number of nitrogens with zero attached hydrogens (tertiary/aromatic N) is 15. The van der Waals surface area contributed by atoms with Crippen LogP contribution in [0.4, 0.5) is 14.4 Å². The maximum Gasteiger partial charge on any atom is 0.489 e. The van der Waals surface area contributed by atoms with Gasteiger partial charge in [-0.25, -0.2) is 34.3 Å². The molecule has 750 valence electrons. The molecule has 5 atom stereocenters. The molecule has 141 heavy (non-hydrogen) atoms. The van der Waals surface area contributed by atoms with Crippen molar-refractivity contribution in [2.75, 3.05) is 52.4 Å². The summed E-state index contributed by atoms with van der Waals surface area (Å²) < 4.78 is 54.5. The average Bonchev–Trinajstić information content (AvgIpc) is 1.60. The summed E-state index contributed by atoms with van der Waals surface area (Å²) in [7, 11) is -0.219. The van der Waals surface area contributed by atoms with Crippen LogP contribution in [0.1, 0.15) is 302 Å². The third-order valence-electron chi connectivity index (χ3n) is 28.3. The standard InChI is InChI=1S/C27H34N4O3.C27H32N4O3.C24H27BrN4O3.C21H25N5O.C9H17BO2.2CH4/c2*1-17(2)18-6-7-19-13-29-24(20(19)12-18)21-14-28-15-23(30-21)33-22-16-31(11-10-27(22)8-9-27)25(32)34-26(3,4)5;1-23(2,3)32-22(30)29-9-8-24(6-7-24)19(14-29)31-20-13-26-12-18(28-20)21-17-10-16(25)5-4-15(17)11-27-21;1-13(2)14-3-4-16-15(9-14)20(26-25-16)17-10-23-12-19(24-17)27-18-11-22-8-7-21(18)5-6-21;1-7(2)10-11-8(3)6-9(4,5)12-10;;/h6-7,12,14-15,17,22H,8-11,13,16H2,1-5H3;6-7,12,14-15,22H,1,8-11,13,16H2,2-5H3;4-5,10,12-13,19H,6-9,11,14H2,1-3H3;3-4,9-10,12-13,18,22H,5-8,11H2,1-2H3,(H,25,26);8H,1,6H2,2-5H3;2*1H4/t2*22-;19-;18-;;;/m0000.../s1. The summed E-state index contributed by atoms with van der Waals surface area (Å²) >= 11 is 3.54. The Bertz CT molecular complexity index is 6200. The molecule has 13 heterocycles. The second kappa shape index (κ2) is 41.9. The van der Waals surface area contributed by atoms with Gasteiger partial charge in [0.05, 0.1) is 117 Å². The van der Waals surface area contributed by atoms with Gasteiger partial charge in [-0.3, -0.25) is 40.0 Å². The molecule has 9 aromatic rings. The Morgan fingerprint density at radius 1 is 0.489 bits per heavy atom. The number of carbonyl (C=O) groups is 3. The van der Waals surface area contributed by atoms with E-state index in [2.05, 4.69) is 185 Å². The molecule has 4 spiro atoms. The molecule has 2 N–H and O–H groups in total. The Morgan fingerprint density at radius 3 is 1.28 bits per heavy atom. The largest absolute Gasteiger partial charge is 0.489 e. The Labute approximate surface area is 840 Å². The summed E-state index contributed by atoms with van der Waals surface area (Å²) in [6.45, 7) is 51.3. The number of aromatic amines is 1. The van der Waals surface area contributed by atoms with Gasteiger partial charge in [-0.05, 0) is 269 Å². The van der Waals surface area contributed by atoms with Crippen molar-refractivity contribution in [1.82, 2.24) is 70.1 Å². The van der Waals surface area contributed by atoms with Crippen molar-refractivity contribution < 1.29 is 56.9 Å². The fraction of sp³-hybridized carbons (Fsp3) is 0.536. The van der Waals surface area contributed by atoms with Crippen LogP contribution in [0.5, 0.6) is 23.5 Å². The highest BCUT2D eigenvalue weighted by molar-refractivity contribution is 9.10. The minimum atomic E-state index is -0.524. The van der Waals surface area contributed by atoms with Crippen LogP contribution in [0.3, 0.4) is 0 Å². The monoisotopic (exact) mass is 1980 g/mol. The van der Waals surface area contributed by atoms with Crippen LogP contribution in [0.15, 0.2) is 160 Å². The van der Waals surface area contributed by atoms with Crippen molar-refractivity contribution in [2.24, 2.45) is 36.6 Å².